The molecular weight excluding hydrogens is 382 g/mol. The first-order chi connectivity index (χ1) is 11.6. The average Bonchev–Trinajstić information content (AvgIpc) is 3.11. The number of hydrogen-bond acceptors (Lipinski definition) is 9. The Morgan fingerprint density at radius 2 is 2.12 bits per heavy atom. The molecule has 3 heterocycles. The largest absolute Gasteiger partial charge is 0.450 e. The number of aromatic nitrogens is 1. The van der Waals surface area contributed by atoms with Crippen molar-refractivity contribution in [2.75, 3.05) is 6.54 Å². The van der Waals surface area contributed by atoms with Gasteiger partial charge in [-0.2, -0.15) is 21.9 Å². The lowest BCUT2D eigenvalue weighted by Gasteiger charge is -2.30. The number of piperidine rings is 1. The first-order valence-electron chi connectivity index (χ1n) is 6.85. The van der Waals surface area contributed by atoms with E-state index in [1.54, 1.807) is 0 Å². The van der Waals surface area contributed by atoms with Gasteiger partial charge in [-0.25, -0.2) is 9.78 Å². The normalized spacial score (nSPS) is 23.8. The molecule has 0 aromatic carbocycles. The zero-order valence-corrected chi connectivity index (χ0v) is 14.0. The Balaban J connectivity index is 1.75. The van der Waals surface area contributed by atoms with Crippen LogP contribution in [-0.2, 0) is 24.7 Å². The number of nitrogens with one attached hydrogen (secondary N) is 2. The third kappa shape index (κ3) is 3.44. The van der Waals surface area contributed by atoms with E-state index in [2.05, 4.69) is 13.7 Å². The smallest absolute Gasteiger partial charge is 0.418 e. The lowest BCUT2D eigenvalue weighted by molar-refractivity contribution is -0.0316. The Morgan fingerprint density at radius 3 is 2.72 bits per heavy atom. The zero-order valence-electron chi connectivity index (χ0n) is 12.4. The highest BCUT2D eigenvalue weighted by atomic mass is 32.3. The van der Waals surface area contributed by atoms with E-state index in [1.165, 1.54) is 0 Å². The molecule has 2 amide bonds. The van der Waals surface area contributed by atoms with E-state index in [0.29, 0.717) is 5.06 Å². The highest BCUT2D eigenvalue weighted by molar-refractivity contribution is 7.90. The van der Waals surface area contributed by atoms with Crippen molar-refractivity contribution >= 4 is 32.3 Å². The molecule has 2 aliphatic rings. The number of amides is 2. The van der Waals surface area contributed by atoms with Crippen molar-refractivity contribution in [3.63, 3.8) is 0 Å². The lowest BCUT2D eigenvalue weighted by Crippen LogP contribution is -2.50. The highest BCUT2D eigenvalue weighted by Gasteiger charge is 2.48. The number of oxazole rings is 1. The minimum Gasteiger partial charge on any atom is -0.450 e. The van der Waals surface area contributed by atoms with Gasteiger partial charge in [0, 0.05) is 6.54 Å². The molecule has 2 bridgehead atoms. The highest BCUT2D eigenvalue weighted by Crippen LogP contribution is 2.31. The van der Waals surface area contributed by atoms with Crippen LogP contribution in [0.1, 0.15) is 12.8 Å². The number of nitrogens with zero attached hydrogens (tertiary/aromatic N) is 3. The summed E-state index contributed by atoms with van der Waals surface area (Å²) in [4.78, 5) is 16.8. The molecule has 2 unspecified atom stereocenters. The Kier molecular flexibility index (Phi) is 4.18. The fourth-order valence-electron chi connectivity index (χ4n) is 2.73. The van der Waals surface area contributed by atoms with Crippen molar-refractivity contribution in [3.8, 4) is 0 Å². The van der Waals surface area contributed by atoms with E-state index in [-0.39, 0.29) is 19.4 Å². The molecule has 2 aliphatic heterocycles. The zero-order chi connectivity index (χ0) is 18.4. The van der Waals surface area contributed by atoms with Gasteiger partial charge in [-0.15, -0.1) is 4.28 Å². The number of amidine groups is 1. The number of hydroxylamine groups is 2. The van der Waals surface area contributed by atoms with Crippen molar-refractivity contribution in [2.45, 2.75) is 30.0 Å². The molecule has 25 heavy (non-hydrogen) atoms. The number of rotatable bonds is 5. The second-order valence-corrected chi connectivity index (χ2v) is 7.99. The van der Waals surface area contributed by atoms with Gasteiger partial charge in [0.1, 0.15) is 12.1 Å². The maximum Gasteiger partial charge on any atom is 0.418 e. The molecule has 138 valence electrons. The predicted octanol–water partition coefficient (Wildman–Crippen LogP) is -1.07. The first kappa shape index (κ1) is 17.6. The van der Waals surface area contributed by atoms with Crippen LogP contribution in [0.3, 0.4) is 0 Å². The van der Waals surface area contributed by atoms with Crippen LogP contribution in [0, 0.1) is 5.41 Å². The molecule has 1 aromatic heterocycles. The van der Waals surface area contributed by atoms with Crippen LogP contribution in [0.2, 0.25) is 0 Å². The summed E-state index contributed by atoms with van der Waals surface area (Å²) in [5, 5.41) is 8.05. The van der Waals surface area contributed by atoms with Gasteiger partial charge in [0.2, 0.25) is 5.03 Å². The van der Waals surface area contributed by atoms with Gasteiger partial charge in [0.25, 0.3) is 10.0 Å². The molecule has 1 aromatic rings. The number of carbonyl (C=O) groups excluding carboxylic acids is 1. The van der Waals surface area contributed by atoms with Crippen molar-refractivity contribution in [1.29, 1.82) is 5.41 Å². The monoisotopic (exact) mass is 395 g/mol. The number of hydrogen-bond donors (Lipinski definition) is 3. The fourth-order valence-corrected chi connectivity index (χ4v) is 4.01. The minimum absolute atomic E-state index is 0.0209. The maximum atomic E-state index is 12.2. The summed E-state index contributed by atoms with van der Waals surface area (Å²) >= 11 is 0. The van der Waals surface area contributed by atoms with E-state index in [0.717, 1.165) is 17.6 Å². The van der Waals surface area contributed by atoms with Crippen molar-refractivity contribution in [1.82, 2.24) is 19.7 Å². The minimum atomic E-state index is -4.88. The summed E-state index contributed by atoms with van der Waals surface area (Å²) in [6, 6.07) is -2.46. The SMILES string of the molecule is N=C(NS(=O)(=O)c1cocn1)C1CCC2CN1C(=O)N2OS(=O)(=O)O. The summed E-state index contributed by atoms with van der Waals surface area (Å²) in [6.07, 6.45) is 2.24. The Morgan fingerprint density at radius 1 is 1.40 bits per heavy atom. The number of sulfonamides is 1. The molecule has 13 nitrogen and oxygen atoms in total. The predicted molar refractivity (Wildman–Crippen MR) is 77.9 cm³/mol. The number of fused-ring (bicyclic) bond motifs is 2. The molecule has 2 atom stereocenters. The quantitative estimate of drug-likeness (QED) is 0.317. The standard InChI is InChI=1S/C10H13N5O8S2/c11-9(13-24(17,18)8-4-22-5-12-8)7-2-1-6-3-14(7)10(16)15(6)23-25(19,20)21/h4-7H,1-3H2,(H2,11,13)(H,19,20,21). The van der Waals surface area contributed by atoms with Gasteiger partial charge < -0.3 is 9.32 Å². The van der Waals surface area contributed by atoms with Crippen LogP contribution < -0.4 is 4.72 Å². The average molecular weight is 395 g/mol. The van der Waals surface area contributed by atoms with E-state index < -0.39 is 49.4 Å². The Hall–Kier alpha value is -2.23. The second kappa shape index (κ2) is 5.94. The number of urea groups is 1. The molecule has 3 rings (SSSR count). The molecule has 3 N–H and O–H groups in total. The molecule has 0 spiro atoms. The molecule has 15 heteroatoms. The van der Waals surface area contributed by atoms with Gasteiger partial charge >= 0.3 is 16.4 Å². The van der Waals surface area contributed by atoms with Crippen LogP contribution in [0.15, 0.2) is 22.1 Å². The maximum absolute atomic E-state index is 12.2. The van der Waals surface area contributed by atoms with Crippen LogP contribution in [0.25, 0.3) is 0 Å². The topological polar surface area (TPSA) is 183 Å². The third-order valence-electron chi connectivity index (χ3n) is 3.76. The summed E-state index contributed by atoms with van der Waals surface area (Å²) in [5.41, 5.74) is 0. The van der Waals surface area contributed by atoms with E-state index in [1.807, 2.05) is 4.72 Å². The molecule has 0 saturated carbocycles. The van der Waals surface area contributed by atoms with Crippen molar-refractivity contribution in [3.05, 3.63) is 12.7 Å². The van der Waals surface area contributed by atoms with E-state index >= 15 is 0 Å². The molecule has 0 radical (unpaired) electrons. The van der Waals surface area contributed by atoms with Gasteiger partial charge in [0.05, 0.1) is 12.1 Å². The molecule has 2 saturated heterocycles. The van der Waals surface area contributed by atoms with E-state index in [4.69, 9.17) is 9.96 Å². The Bertz CT molecular complexity index is 896. The van der Waals surface area contributed by atoms with Gasteiger partial charge in [-0.1, -0.05) is 0 Å². The lowest BCUT2D eigenvalue weighted by atomic mass is 10.0. The third-order valence-corrected chi connectivity index (χ3v) is 5.35. The van der Waals surface area contributed by atoms with Gasteiger partial charge in [0.15, 0.2) is 6.39 Å². The van der Waals surface area contributed by atoms with E-state index in [9.17, 15) is 21.6 Å². The summed E-state index contributed by atoms with van der Waals surface area (Å²) in [5.74, 6) is -0.483. The van der Waals surface area contributed by atoms with Gasteiger partial charge in [-0.05, 0) is 12.8 Å². The van der Waals surface area contributed by atoms with Crippen LogP contribution in [0.4, 0.5) is 4.79 Å². The molecule has 2 fully saturated rings. The van der Waals surface area contributed by atoms with Crippen LogP contribution >= 0.6 is 0 Å². The number of carbonyl (C=O) groups is 1. The summed E-state index contributed by atoms with van der Waals surface area (Å²) in [6.45, 7) is 0.0209. The first-order valence-corrected chi connectivity index (χ1v) is 9.69. The summed E-state index contributed by atoms with van der Waals surface area (Å²) < 4.78 is 65.4. The summed E-state index contributed by atoms with van der Waals surface area (Å²) in [7, 11) is -9.02. The second-order valence-electron chi connectivity index (χ2n) is 5.36. The van der Waals surface area contributed by atoms with Crippen LogP contribution in [-0.4, -0.2) is 66.8 Å². The fraction of sp³-hybridized carbons (Fsp3) is 0.500. The molecule has 0 aliphatic carbocycles. The van der Waals surface area contributed by atoms with Crippen LogP contribution in [0.5, 0.6) is 0 Å². The van der Waals surface area contributed by atoms with Crippen molar-refractivity contribution in [2.24, 2.45) is 0 Å². The van der Waals surface area contributed by atoms with Gasteiger partial charge in [-0.3, -0.25) is 14.7 Å². The van der Waals surface area contributed by atoms with Crippen molar-refractivity contribution < 1.29 is 34.9 Å². The Labute approximate surface area is 142 Å². The molecular formula is C10H13N5O8S2.